The van der Waals surface area contributed by atoms with E-state index in [1.54, 1.807) is 0 Å². The van der Waals surface area contributed by atoms with E-state index in [2.05, 4.69) is 19.6 Å². The van der Waals surface area contributed by atoms with Crippen molar-refractivity contribution in [1.82, 2.24) is 0 Å². The first-order chi connectivity index (χ1) is 4.42. The predicted octanol–water partition coefficient (Wildman–Crippen LogP) is 2.19. The summed E-state index contributed by atoms with van der Waals surface area (Å²) in [5.74, 6) is -0.668. The van der Waals surface area contributed by atoms with Gasteiger partial charge in [-0.15, -0.1) is 0 Å². The summed E-state index contributed by atoms with van der Waals surface area (Å²) in [5, 5.41) is 8.33. The Morgan fingerprint density at radius 1 is 1.40 bits per heavy atom. The van der Waals surface area contributed by atoms with E-state index in [1.807, 2.05) is 0 Å². The van der Waals surface area contributed by atoms with Gasteiger partial charge in [0.1, 0.15) is 0 Å². The predicted molar refractivity (Wildman–Crippen MR) is 45.0 cm³/mol. The first-order valence-electron chi connectivity index (χ1n) is 3.63. The van der Waals surface area contributed by atoms with Crippen LogP contribution in [0.1, 0.15) is 12.8 Å². The van der Waals surface area contributed by atoms with Gasteiger partial charge in [-0.25, -0.2) is 0 Å². The number of aliphatic carboxylic acids is 1. The molecule has 0 aromatic rings. The second-order valence-electron chi connectivity index (χ2n) is 3.81. The topological polar surface area (TPSA) is 37.3 Å². The van der Waals surface area contributed by atoms with Crippen LogP contribution in [0.5, 0.6) is 0 Å². The van der Waals surface area contributed by atoms with Gasteiger partial charge in [0, 0.05) is 14.5 Å². The smallest absolute Gasteiger partial charge is 0.303 e. The largest absolute Gasteiger partial charge is 0.481 e. The first-order valence-corrected chi connectivity index (χ1v) is 7.34. The lowest BCUT2D eigenvalue weighted by molar-refractivity contribution is -0.137. The van der Waals surface area contributed by atoms with Gasteiger partial charge in [0.25, 0.3) is 0 Å². The second kappa shape index (κ2) is 3.76. The van der Waals surface area contributed by atoms with Crippen LogP contribution in [0.2, 0.25) is 25.7 Å². The molecule has 0 fully saturated rings. The van der Waals surface area contributed by atoms with E-state index in [1.165, 1.54) is 0 Å². The van der Waals surface area contributed by atoms with Crippen LogP contribution in [-0.4, -0.2) is 19.1 Å². The van der Waals surface area contributed by atoms with Crippen LogP contribution in [0.4, 0.5) is 0 Å². The van der Waals surface area contributed by atoms with Crippen molar-refractivity contribution in [2.24, 2.45) is 0 Å². The minimum absolute atomic E-state index is 0.338. The molecule has 0 atom stereocenters. The Morgan fingerprint density at radius 2 is 1.90 bits per heavy atom. The molecule has 0 saturated carbocycles. The number of carbonyl (C=O) groups is 1. The zero-order valence-corrected chi connectivity index (χ0v) is 7.98. The molecule has 10 heavy (non-hydrogen) atoms. The van der Waals surface area contributed by atoms with Gasteiger partial charge < -0.3 is 5.11 Å². The average Bonchev–Trinajstić information content (AvgIpc) is 1.59. The van der Waals surface area contributed by atoms with Gasteiger partial charge in [-0.2, -0.15) is 0 Å². The van der Waals surface area contributed by atoms with Gasteiger partial charge >= 0.3 is 5.97 Å². The van der Waals surface area contributed by atoms with E-state index in [9.17, 15) is 4.79 Å². The number of carboxylic acid groups (broad SMARTS) is 1. The summed E-state index contributed by atoms with van der Waals surface area (Å²) in [6.07, 6.45) is 1.19. The minimum atomic E-state index is -0.987. The van der Waals surface area contributed by atoms with Crippen molar-refractivity contribution in [1.29, 1.82) is 0 Å². The third kappa shape index (κ3) is 7.69. The normalized spacial score (nSPS) is 11.5. The molecule has 0 bridgehead atoms. The lowest BCUT2D eigenvalue weighted by atomic mass is 10.3. The summed E-state index contributed by atoms with van der Waals surface area (Å²) in [5.41, 5.74) is 0. The van der Waals surface area contributed by atoms with Crippen molar-refractivity contribution in [3.8, 4) is 0 Å². The van der Waals surface area contributed by atoms with Crippen LogP contribution in [0.3, 0.4) is 0 Å². The molecule has 0 heterocycles. The van der Waals surface area contributed by atoms with Gasteiger partial charge in [-0.05, 0) is 6.42 Å². The summed E-state index contributed by atoms with van der Waals surface area (Å²) in [7, 11) is -0.987. The zero-order chi connectivity index (χ0) is 8.20. The molecule has 0 radical (unpaired) electrons. The van der Waals surface area contributed by atoms with Crippen molar-refractivity contribution in [2.45, 2.75) is 38.5 Å². The minimum Gasteiger partial charge on any atom is -0.481 e. The van der Waals surface area contributed by atoms with Crippen molar-refractivity contribution in [3.63, 3.8) is 0 Å². The molecule has 0 spiro atoms. The molecule has 0 amide bonds. The van der Waals surface area contributed by atoms with Gasteiger partial charge in [-0.3, -0.25) is 4.79 Å². The van der Waals surface area contributed by atoms with Gasteiger partial charge in [0.15, 0.2) is 0 Å². The van der Waals surface area contributed by atoms with Gasteiger partial charge in [0.2, 0.25) is 0 Å². The fourth-order valence-electron chi connectivity index (χ4n) is 0.770. The Kier molecular flexibility index (Phi) is 3.64. The van der Waals surface area contributed by atoms with E-state index < -0.39 is 14.0 Å². The zero-order valence-electron chi connectivity index (χ0n) is 6.98. The van der Waals surface area contributed by atoms with Crippen LogP contribution >= 0.6 is 0 Å². The van der Waals surface area contributed by atoms with E-state index >= 15 is 0 Å². The van der Waals surface area contributed by atoms with Crippen LogP contribution in [-0.2, 0) is 4.79 Å². The van der Waals surface area contributed by atoms with E-state index in [0.29, 0.717) is 6.42 Å². The van der Waals surface area contributed by atoms with Crippen molar-refractivity contribution >= 4 is 14.0 Å². The van der Waals surface area contributed by atoms with Crippen molar-refractivity contribution in [2.75, 3.05) is 0 Å². The van der Waals surface area contributed by atoms with E-state index in [4.69, 9.17) is 5.11 Å². The molecule has 0 aromatic heterocycles. The molecule has 0 aliphatic heterocycles. The highest BCUT2D eigenvalue weighted by Gasteiger charge is 2.12. The van der Waals surface area contributed by atoms with Crippen LogP contribution in [0, 0.1) is 0 Å². The average molecular weight is 160 g/mol. The molecule has 0 saturated heterocycles. The summed E-state index contributed by atoms with van der Waals surface area (Å²) < 4.78 is 0. The molecule has 0 aliphatic rings. The summed E-state index contributed by atoms with van der Waals surface area (Å²) in [6, 6.07) is 1.12. The number of hydrogen-bond donors (Lipinski definition) is 1. The maximum atomic E-state index is 10.1. The molecule has 1 N–H and O–H groups in total. The molecule has 2 nitrogen and oxygen atoms in total. The van der Waals surface area contributed by atoms with E-state index in [-0.39, 0.29) is 0 Å². The highest BCUT2D eigenvalue weighted by atomic mass is 28.3. The third-order valence-corrected chi connectivity index (χ3v) is 3.17. The Balaban J connectivity index is 3.29. The lowest BCUT2D eigenvalue weighted by Crippen LogP contribution is -2.19. The summed E-state index contributed by atoms with van der Waals surface area (Å²) in [6.45, 7) is 6.78. The number of carboxylic acids is 1. The van der Waals surface area contributed by atoms with Crippen LogP contribution in [0.25, 0.3) is 0 Å². The Hall–Kier alpha value is -0.313. The molecule has 3 heteroatoms. The number of rotatable bonds is 4. The number of hydrogen-bond acceptors (Lipinski definition) is 1. The lowest BCUT2D eigenvalue weighted by Gasteiger charge is -2.13. The third-order valence-electron chi connectivity index (χ3n) is 1.32. The van der Waals surface area contributed by atoms with E-state index in [0.717, 1.165) is 12.5 Å². The Labute approximate surface area is 63.3 Å². The molecule has 0 aromatic carbocycles. The maximum Gasteiger partial charge on any atom is 0.303 e. The monoisotopic (exact) mass is 160 g/mol. The van der Waals surface area contributed by atoms with Crippen LogP contribution in [0.15, 0.2) is 0 Å². The standard InChI is InChI=1S/C7H16O2Si/c1-10(2,3)6-4-5-7(8)9/h4-6H2,1-3H3,(H,8,9). The highest BCUT2D eigenvalue weighted by Crippen LogP contribution is 2.12. The molecule has 0 rings (SSSR count). The summed E-state index contributed by atoms with van der Waals surface area (Å²) >= 11 is 0. The van der Waals surface area contributed by atoms with Gasteiger partial charge in [0.05, 0.1) is 0 Å². The summed E-state index contributed by atoms with van der Waals surface area (Å²) in [4.78, 5) is 10.1. The van der Waals surface area contributed by atoms with Crippen molar-refractivity contribution in [3.05, 3.63) is 0 Å². The molecule has 60 valence electrons. The molecular formula is C7H16O2Si. The first kappa shape index (κ1) is 9.69. The molecule has 0 aliphatic carbocycles. The molecule has 0 unspecified atom stereocenters. The maximum absolute atomic E-state index is 10.1. The highest BCUT2D eigenvalue weighted by molar-refractivity contribution is 6.76. The fraction of sp³-hybridized carbons (Fsp3) is 0.857. The molecular weight excluding hydrogens is 144 g/mol. The Morgan fingerprint density at radius 3 is 2.20 bits per heavy atom. The van der Waals surface area contributed by atoms with Crippen molar-refractivity contribution < 1.29 is 9.90 Å². The van der Waals surface area contributed by atoms with Crippen LogP contribution < -0.4 is 0 Å². The Bertz CT molecular complexity index is 115. The SMILES string of the molecule is C[Si](C)(C)CCCC(=O)O. The quantitative estimate of drug-likeness (QED) is 0.640. The second-order valence-corrected chi connectivity index (χ2v) is 9.43. The fourth-order valence-corrected chi connectivity index (χ4v) is 2.01. The van der Waals surface area contributed by atoms with Gasteiger partial charge in [-0.1, -0.05) is 25.7 Å².